The zero-order valence-corrected chi connectivity index (χ0v) is 15.0. The van der Waals surface area contributed by atoms with Crippen LogP contribution in [0.4, 0.5) is 0 Å². The summed E-state index contributed by atoms with van der Waals surface area (Å²) in [7, 11) is 0. The Balaban J connectivity index is 1.97. The van der Waals surface area contributed by atoms with Gasteiger partial charge in [0.1, 0.15) is 5.60 Å². The summed E-state index contributed by atoms with van der Waals surface area (Å²) in [5.74, 6) is 0.108. The fraction of sp³-hybridized carbons (Fsp3) is 0.333. The standard InChI is InChI=1S/C21H23NO3/c1-14-10-8-9-13-16(14)18-17(20(23)25-21(2,3)4)22-19(24-18)15-11-6-5-7-12-15/h5-13,17-18H,1-4H3/t17-,18-/m0/s1. The maximum atomic E-state index is 12.7. The van der Waals surface area contributed by atoms with Gasteiger partial charge in [-0.3, -0.25) is 0 Å². The normalized spacial score (nSPS) is 19.9. The van der Waals surface area contributed by atoms with Crippen molar-refractivity contribution < 1.29 is 14.3 Å². The van der Waals surface area contributed by atoms with Crippen LogP contribution in [0, 0.1) is 6.92 Å². The van der Waals surface area contributed by atoms with Gasteiger partial charge < -0.3 is 9.47 Å². The Bertz CT molecular complexity index is 790. The Kier molecular flexibility index (Phi) is 4.62. The number of aryl methyl sites for hydroxylation is 1. The molecule has 25 heavy (non-hydrogen) atoms. The summed E-state index contributed by atoms with van der Waals surface area (Å²) in [4.78, 5) is 17.3. The minimum absolute atomic E-state index is 0.369. The lowest BCUT2D eigenvalue weighted by molar-refractivity contribution is -0.158. The van der Waals surface area contributed by atoms with Crippen LogP contribution in [-0.2, 0) is 14.3 Å². The summed E-state index contributed by atoms with van der Waals surface area (Å²) in [6.45, 7) is 7.56. The van der Waals surface area contributed by atoms with E-state index in [9.17, 15) is 4.79 Å². The number of hydrogen-bond donors (Lipinski definition) is 0. The molecule has 130 valence electrons. The fourth-order valence-corrected chi connectivity index (χ4v) is 2.81. The van der Waals surface area contributed by atoms with Gasteiger partial charge in [-0.15, -0.1) is 0 Å². The number of carbonyl (C=O) groups is 1. The molecule has 4 heteroatoms. The fourth-order valence-electron chi connectivity index (χ4n) is 2.81. The largest absolute Gasteiger partial charge is 0.466 e. The van der Waals surface area contributed by atoms with Gasteiger partial charge in [-0.25, -0.2) is 9.79 Å². The predicted molar refractivity (Wildman–Crippen MR) is 97.6 cm³/mol. The topological polar surface area (TPSA) is 47.9 Å². The molecule has 0 fully saturated rings. The molecule has 0 unspecified atom stereocenters. The zero-order chi connectivity index (χ0) is 18.0. The molecular formula is C21H23NO3. The Hall–Kier alpha value is -2.62. The molecule has 0 bridgehead atoms. The molecule has 1 aliphatic rings. The SMILES string of the molecule is Cc1ccccc1[C@@H]1OC(c2ccccc2)=N[C@@H]1C(=O)OC(C)(C)C. The van der Waals surface area contributed by atoms with Crippen molar-refractivity contribution in [2.45, 2.75) is 45.4 Å². The molecule has 2 aromatic carbocycles. The number of nitrogens with zero attached hydrogens (tertiary/aromatic N) is 1. The van der Waals surface area contributed by atoms with E-state index in [2.05, 4.69) is 4.99 Å². The molecule has 0 saturated heterocycles. The Labute approximate surface area is 148 Å². The summed E-state index contributed by atoms with van der Waals surface area (Å²) < 4.78 is 11.7. The second kappa shape index (κ2) is 6.71. The van der Waals surface area contributed by atoms with Gasteiger partial charge in [-0.2, -0.15) is 0 Å². The van der Waals surface area contributed by atoms with E-state index < -0.39 is 17.7 Å². The van der Waals surface area contributed by atoms with Gasteiger partial charge >= 0.3 is 5.97 Å². The molecule has 0 spiro atoms. The lowest BCUT2D eigenvalue weighted by Gasteiger charge is -2.24. The van der Waals surface area contributed by atoms with E-state index >= 15 is 0 Å². The van der Waals surface area contributed by atoms with Crippen LogP contribution in [0.1, 0.15) is 43.6 Å². The van der Waals surface area contributed by atoms with Crippen LogP contribution < -0.4 is 0 Å². The van der Waals surface area contributed by atoms with Crippen LogP contribution in [0.25, 0.3) is 0 Å². The molecular weight excluding hydrogens is 314 g/mol. The minimum atomic E-state index is -0.712. The lowest BCUT2D eigenvalue weighted by atomic mass is 9.98. The Morgan fingerprint density at radius 3 is 2.32 bits per heavy atom. The van der Waals surface area contributed by atoms with Crippen molar-refractivity contribution in [3.8, 4) is 0 Å². The number of aliphatic imine (C=N–C) groups is 1. The van der Waals surface area contributed by atoms with Gasteiger partial charge in [0, 0.05) is 5.56 Å². The highest BCUT2D eigenvalue weighted by Gasteiger charge is 2.41. The number of carbonyl (C=O) groups excluding carboxylic acids is 1. The van der Waals surface area contributed by atoms with Gasteiger partial charge in [-0.1, -0.05) is 42.5 Å². The number of benzene rings is 2. The predicted octanol–water partition coefficient (Wildman–Crippen LogP) is 4.22. The number of rotatable bonds is 3. The zero-order valence-electron chi connectivity index (χ0n) is 15.0. The quantitative estimate of drug-likeness (QED) is 0.788. The van der Waals surface area contributed by atoms with Crippen LogP contribution in [0.5, 0.6) is 0 Å². The highest BCUT2D eigenvalue weighted by atomic mass is 16.6. The monoisotopic (exact) mass is 337 g/mol. The van der Waals surface area contributed by atoms with E-state index in [-0.39, 0.29) is 5.97 Å². The lowest BCUT2D eigenvalue weighted by Crippen LogP contribution is -2.33. The van der Waals surface area contributed by atoms with Crippen molar-refractivity contribution in [2.75, 3.05) is 0 Å². The van der Waals surface area contributed by atoms with Crippen molar-refractivity contribution >= 4 is 11.9 Å². The second-order valence-corrected chi connectivity index (χ2v) is 7.17. The summed E-state index contributed by atoms with van der Waals surface area (Å²) in [6.07, 6.45) is -0.480. The van der Waals surface area contributed by atoms with Crippen molar-refractivity contribution in [2.24, 2.45) is 4.99 Å². The average molecular weight is 337 g/mol. The summed E-state index contributed by atoms with van der Waals surface area (Å²) in [5.41, 5.74) is 2.30. The molecule has 1 aliphatic heterocycles. The van der Waals surface area contributed by atoms with Gasteiger partial charge in [0.2, 0.25) is 5.90 Å². The van der Waals surface area contributed by atoms with E-state index in [0.29, 0.717) is 5.90 Å². The first-order valence-electron chi connectivity index (χ1n) is 8.43. The molecule has 0 radical (unpaired) electrons. The van der Waals surface area contributed by atoms with Crippen molar-refractivity contribution in [3.63, 3.8) is 0 Å². The maximum Gasteiger partial charge on any atom is 0.335 e. The van der Waals surface area contributed by atoms with Crippen molar-refractivity contribution in [3.05, 3.63) is 71.3 Å². The molecule has 2 aromatic rings. The van der Waals surface area contributed by atoms with E-state index in [1.807, 2.05) is 82.3 Å². The Morgan fingerprint density at radius 2 is 1.68 bits per heavy atom. The molecule has 0 N–H and O–H groups in total. The third-order valence-corrected chi connectivity index (χ3v) is 3.95. The molecule has 1 heterocycles. The first-order valence-corrected chi connectivity index (χ1v) is 8.43. The second-order valence-electron chi connectivity index (χ2n) is 7.17. The van der Waals surface area contributed by atoms with Crippen LogP contribution in [0.15, 0.2) is 59.6 Å². The molecule has 3 rings (SSSR count). The van der Waals surface area contributed by atoms with E-state index in [4.69, 9.17) is 9.47 Å². The van der Waals surface area contributed by atoms with E-state index in [1.54, 1.807) is 0 Å². The van der Waals surface area contributed by atoms with Crippen LogP contribution >= 0.6 is 0 Å². The summed E-state index contributed by atoms with van der Waals surface area (Å²) >= 11 is 0. The van der Waals surface area contributed by atoms with Crippen LogP contribution in [-0.4, -0.2) is 23.5 Å². The molecule has 0 saturated carbocycles. The molecule has 0 aliphatic carbocycles. The number of esters is 1. The third-order valence-electron chi connectivity index (χ3n) is 3.95. The van der Waals surface area contributed by atoms with Crippen molar-refractivity contribution in [1.82, 2.24) is 0 Å². The first-order chi connectivity index (χ1) is 11.8. The average Bonchev–Trinajstić information content (AvgIpc) is 3.00. The molecule has 0 aromatic heterocycles. The van der Waals surface area contributed by atoms with Crippen molar-refractivity contribution in [1.29, 1.82) is 0 Å². The third kappa shape index (κ3) is 3.90. The molecule has 0 amide bonds. The van der Waals surface area contributed by atoms with Gasteiger partial charge in [0.15, 0.2) is 12.1 Å². The van der Waals surface area contributed by atoms with Crippen LogP contribution in [0.2, 0.25) is 0 Å². The van der Waals surface area contributed by atoms with Gasteiger partial charge in [-0.05, 0) is 51.0 Å². The molecule has 4 nitrogen and oxygen atoms in total. The highest BCUT2D eigenvalue weighted by Crippen LogP contribution is 2.34. The van der Waals surface area contributed by atoms with Crippen LogP contribution in [0.3, 0.4) is 0 Å². The highest BCUT2D eigenvalue weighted by molar-refractivity contribution is 5.98. The first kappa shape index (κ1) is 17.2. The Morgan fingerprint density at radius 1 is 1.04 bits per heavy atom. The van der Waals surface area contributed by atoms with Gasteiger partial charge in [0.05, 0.1) is 0 Å². The molecule has 2 atom stereocenters. The minimum Gasteiger partial charge on any atom is -0.466 e. The number of ether oxygens (including phenoxy) is 2. The van der Waals surface area contributed by atoms with E-state index in [0.717, 1.165) is 16.7 Å². The smallest absolute Gasteiger partial charge is 0.335 e. The number of hydrogen-bond acceptors (Lipinski definition) is 4. The summed E-state index contributed by atoms with van der Waals surface area (Å²) in [6, 6.07) is 16.8. The summed E-state index contributed by atoms with van der Waals surface area (Å²) in [5, 5.41) is 0. The maximum absolute atomic E-state index is 12.7. The van der Waals surface area contributed by atoms with E-state index in [1.165, 1.54) is 0 Å². The van der Waals surface area contributed by atoms with Gasteiger partial charge in [0.25, 0.3) is 0 Å².